The number of nitrogens with zero attached hydrogens (tertiary/aromatic N) is 3. The Bertz CT molecular complexity index is 504. The molecule has 2 rings (SSSR count). The minimum atomic E-state index is 0.0282. The van der Waals surface area contributed by atoms with Crippen molar-refractivity contribution in [2.75, 3.05) is 20.2 Å². The number of ether oxygens (including phenoxy) is 1. The van der Waals surface area contributed by atoms with Crippen LogP contribution < -0.4 is 0 Å². The predicted octanol–water partition coefficient (Wildman–Crippen LogP) is 3.38. The number of aromatic nitrogens is 2. The van der Waals surface area contributed by atoms with Crippen LogP contribution in [0, 0.1) is 11.8 Å². The Labute approximate surface area is 140 Å². The van der Waals surface area contributed by atoms with E-state index >= 15 is 0 Å². The van der Waals surface area contributed by atoms with Crippen molar-refractivity contribution in [2.24, 2.45) is 11.8 Å². The first-order chi connectivity index (χ1) is 10.9. The topological polar surface area (TPSA) is 47.4 Å². The highest BCUT2D eigenvalue weighted by Crippen LogP contribution is 2.35. The molecule has 23 heavy (non-hydrogen) atoms. The van der Waals surface area contributed by atoms with Gasteiger partial charge >= 0.3 is 0 Å². The van der Waals surface area contributed by atoms with Crippen LogP contribution >= 0.6 is 0 Å². The third-order valence-corrected chi connectivity index (χ3v) is 4.79. The van der Waals surface area contributed by atoms with Gasteiger partial charge in [0, 0.05) is 32.4 Å². The molecule has 0 bridgehead atoms. The summed E-state index contributed by atoms with van der Waals surface area (Å²) in [4.78, 5) is 14.1. The van der Waals surface area contributed by atoms with Crippen molar-refractivity contribution < 1.29 is 9.53 Å². The van der Waals surface area contributed by atoms with Gasteiger partial charge in [0.15, 0.2) is 0 Å². The number of carbonyl (C=O) groups excluding carboxylic acids is 1. The SMILES string of the molecule is CC(C)C1CC(OCCCN(C)C(=O)c2cnn(C(C)C)c2)C1. The molecule has 0 unspecified atom stereocenters. The number of hydrogen-bond donors (Lipinski definition) is 0. The molecule has 0 saturated heterocycles. The van der Waals surface area contributed by atoms with Crippen LogP contribution in [0.3, 0.4) is 0 Å². The van der Waals surface area contributed by atoms with Crippen LogP contribution in [0.15, 0.2) is 12.4 Å². The Morgan fingerprint density at radius 3 is 2.65 bits per heavy atom. The van der Waals surface area contributed by atoms with E-state index in [-0.39, 0.29) is 11.9 Å². The Morgan fingerprint density at radius 2 is 2.09 bits per heavy atom. The normalized spacial score (nSPS) is 20.8. The second kappa shape index (κ2) is 7.95. The third-order valence-electron chi connectivity index (χ3n) is 4.79. The molecule has 0 aromatic carbocycles. The molecule has 0 atom stereocenters. The molecule has 0 aliphatic heterocycles. The average Bonchev–Trinajstić information content (AvgIpc) is 2.93. The summed E-state index contributed by atoms with van der Waals surface area (Å²) >= 11 is 0. The van der Waals surface area contributed by atoms with Gasteiger partial charge in [-0.05, 0) is 44.9 Å². The fourth-order valence-corrected chi connectivity index (χ4v) is 2.89. The summed E-state index contributed by atoms with van der Waals surface area (Å²) in [6.45, 7) is 10.1. The minimum absolute atomic E-state index is 0.0282. The fourth-order valence-electron chi connectivity index (χ4n) is 2.89. The molecule has 0 radical (unpaired) electrons. The smallest absolute Gasteiger partial charge is 0.256 e. The van der Waals surface area contributed by atoms with Crippen LogP contribution in [0.5, 0.6) is 0 Å². The van der Waals surface area contributed by atoms with Gasteiger partial charge in [0.05, 0.1) is 17.9 Å². The summed E-state index contributed by atoms with van der Waals surface area (Å²) in [5.74, 6) is 1.63. The maximum atomic E-state index is 12.3. The maximum Gasteiger partial charge on any atom is 0.256 e. The molecule has 1 amide bonds. The van der Waals surface area contributed by atoms with Crippen molar-refractivity contribution in [3.63, 3.8) is 0 Å². The largest absolute Gasteiger partial charge is 0.378 e. The maximum absolute atomic E-state index is 12.3. The van der Waals surface area contributed by atoms with Gasteiger partial charge in [-0.25, -0.2) is 0 Å². The van der Waals surface area contributed by atoms with Crippen molar-refractivity contribution in [3.05, 3.63) is 18.0 Å². The average molecular weight is 321 g/mol. The molecule has 5 heteroatoms. The molecule has 0 N–H and O–H groups in total. The lowest BCUT2D eigenvalue weighted by Gasteiger charge is -2.37. The van der Waals surface area contributed by atoms with Gasteiger partial charge in [0.1, 0.15) is 0 Å². The van der Waals surface area contributed by atoms with Gasteiger partial charge in [0.2, 0.25) is 0 Å². The summed E-state index contributed by atoms with van der Waals surface area (Å²) in [5, 5.41) is 4.22. The fraction of sp³-hybridized carbons (Fsp3) is 0.778. The van der Waals surface area contributed by atoms with E-state index in [1.165, 1.54) is 12.8 Å². The Kier molecular flexibility index (Phi) is 6.22. The summed E-state index contributed by atoms with van der Waals surface area (Å²) in [5.41, 5.74) is 0.654. The lowest BCUT2D eigenvalue weighted by Crippen LogP contribution is -2.35. The van der Waals surface area contributed by atoms with Crippen LogP contribution in [0.4, 0.5) is 0 Å². The third kappa shape index (κ3) is 4.80. The lowest BCUT2D eigenvalue weighted by atomic mass is 9.75. The highest BCUT2D eigenvalue weighted by molar-refractivity contribution is 5.93. The van der Waals surface area contributed by atoms with E-state index in [1.54, 1.807) is 11.1 Å². The second-order valence-electron chi connectivity index (χ2n) is 7.35. The summed E-state index contributed by atoms with van der Waals surface area (Å²) in [6, 6.07) is 0.271. The molecule has 1 aromatic rings. The molecule has 1 aliphatic rings. The first kappa shape index (κ1) is 18.0. The Hall–Kier alpha value is -1.36. The Morgan fingerprint density at radius 1 is 1.39 bits per heavy atom. The molecule has 1 saturated carbocycles. The minimum Gasteiger partial charge on any atom is -0.378 e. The zero-order valence-electron chi connectivity index (χ0n) is 15.2. The van der Waals surface area contributed by atoms with Gasteiger partial charge in [-0.3, -0.25) is 9.48 Å². The first-order valence-corrected chi connectivity index (χ1v) is 8.79. The zero-order chi connectivity index (χ0) is 17.0. The van der Waals surface area contributed by atoms with Crippen LogP contribution in [-0.4, -0.2) is 46.9 Å². The van der Waals surface area contributed by atoms with Gasteiger partial charge in [-0.1, -0.05) is 13.8 Å². The monoisotopic (exact) mass is 321 g/mol. The van der Waals surface area contributed by atoms with E-state index in [1.807, 2.05) is 31.8 Å². The van der Waals surface area contributed by atoms with Crippen LogP contribution in [0.2, 0.25) is 0 Å². The zero-order valence-corrected chi connectivity index (χ0v) is 15.2. The van der Waals surface area contributed by atoms with Gasteiger partial charge in [-0.15, -0.1) is 0 Å². The van der Waals surface area contributed by atoms with Crippen LogP contribution in [0.1, 0.15) is 63.4 Å². The molecule has 1 aliphatic carbocycles. The van der Waals surface area contributed by atoms with Gasteiger partial charge in [-0.2, -0.15) is 5.10 Å². The summed E-state index contributed by atoms with van der Waals surface area (Å²) in [7, 11) is 1.84. The summed E-state index contributed by atoms with van der Waals surface area (Å²) < 4.78 is 7.69. The van der Waals surface area contributed by atoms with Crippen LogP contribution in [0.25, 0.3) is 0 Å². The molecular formula is C18H31N3O2. The number of carbonyl (C=O) groups is 1. The lowest BCUT2D eigenvalue weighted by molar-refractivity contribution is -0.0445. The second-order valence-corrected chi connectivity index (χ2v) is 7.35. The number of hydrogen-bond acceptors (Lipinski definition) is 3. The van der Waals surface area contributed by atoms with Crippen molar-refractivity contribution in [3.8, 4) is 0 Å². The van der Waals surface area contributed by atoms with Gasteiger partial charge in [0.25, 0.3) is 5.91 Å². The Balaban J connectivity index is 1.64. The van der Waals surface area contributed by atoms with E-state index in [0.29, 0.717) is 18.2 Å². The van der Waals surface area contributed by atoms with E-state index in [0.717, 1.165) is 24.9 Å². The number of amides is 1. The van der Waals surface area contributed by atoms with Crippen molar-refractivity contribution in [1.82, 2.24) is 14.7 Å². The quantitative estimate of drug-likeness (QED) is 0.690. The highest BCUT2D eigenvalue weighted by Gasteiger charge is 2.31. The molecule has 1 fully saturated rings. The first-order valence-electron chi connectivity index (χ1n) is 8.79. The molecular weight excluding hydrogens is 290 g/mol. The summed E-state index contributed by atoms with van der Waals surface area (Å²) in [6.07, 6.45) is 7.17. The molecule has 1 heterocycles. The standard InChI is InChI=1S/C18H31N3O2/c1-13(2)15-9-17(10-15)23-8-6-7-20(5)18(22)16-11-19-21(12-16)14(3)4/h11-15,17H,6-10H2,1-5H3. The molecule has 5 nitrogen and oxygen atoms in total. The molecule has 130 valence electrons. The van der Waals surface area contributed by atoms with Crippen molar-refractivity contribution in [1.29, 1.82) is 0 Å². The van der Waals surface area contributed by atoms with E-state index in [9.17, 15) is 4.79 Å². The van der Waals surface area contributed by atoms with Crippen molar-refractivity contribution in [2.45, 2.75) is 59.1 Å². The molecule has 1 aromatic heterocycles. The van der Waals surface area contributed by atoms with Crippen molar-refractivity contribution >= 4 is 5.91 Å². The highest BCUT2D eigenvalue weighted by atomic mass is 16.5. The van der Waals surface area contributed by atoms with E-state index in [4.69, 9.17) is 4.74 Å². The molecule has 0 spiro atoms. The van der Waals surface area contributed by atoms with E-state index in [2.05, 4.69) is 18.9 Å². The van der Waals surface area contributed by atoms with Gasteiger partial charge < -0.3 is 9.64 Å². The predicted molar refractivity (Wildman–Crippen MR) is 91.5 cm³/mol. The number of rotatable bonds is 8. The van der Waals surface area contributed by atoms with E-state index < -0.39 is 0 Å². The van der Waals surface area contributed by atoms with Crippen LogP contribution in [-0.2, 0) is 4.74 Å².